The summed E-state index contributed by atoms with van der Waals surface area (Å²) in [7, 11) is -4.01. The topological polar surface area (TPSA) is 155 Å². The summed E-state index contributed by atoms with van der Waals surface area (Å²) in [5.74, 6) is 0. The van der Waals surface area contributed by atoms with E-state index < -0.39 is 19.9 Å². The fourth-order valence-electron chi connectivity index (χ4n) is 5.37. The average molecular weight is 608 g/mol. The molecule has 0 unspecified atom stereocenters. The van der Waals surface area contributed by atoms with Gasteiger partial charge in [-0.05, 0) is 30.5 Å². The Morgan fingerprint density at radius 1 is 0.837 bits per heavy atom. The lowest BCUT2D eigenvalue weighted by molar-refractivity contribution is -0.385. The van der Waals surface area contributed by atoms with Crippen molar-refractivity contribution in [1.82, 2.24) is 9.21 Å². The minimum atomic E-state index is -4.01. The van der Waals surface area contributed by atoms with Crippen LogP contribution in [0.25, 0.3) is 0 Å². The van der Waals surface area contributed by atoms with Crippen LogP contribution in [0, 0.1) is 20.2 Å². The van der Waals surface area contributed by atoms with Gasteiger partial charge in [-0.3, -0.25) is 30.6 Å². The van der Waals surface area contributed by atoms with Crippen molar-refractivity contribution >= 4 is 39.0 Å². The molecule has 0 atom stereocenters. The molecule has 0 amide bonds. The van der Waals surface area contributed by atoms with Crippen LogP contribution < -0.4 is 10.3 Å². The molecule has 2 heterocycles. The molecule has 0 radical (unpaired) electrons. The Morgan fingerprint density at radius 2 is 1.56 bits per heavy atom. The number of benzene rings is 3. The van der Waals surface area contributed by atoms with Crippen molar-refractivity contribution in [2.24, 2.45) is 5.10 Å². The third kappa shape index (κ3) is 7.16. The van der Waals surface area contributed by atoms with Gasteiger partial charge in [-0.2, -0.15) is 9.41 Å². The number of rotatable bonds is 10. The van der Waals surface area contributed by atoms with Gasteiger partial charge in [0, 0.05) is 69.6 Å². The highest BCUT2D eigenvalue weighted by molar-refractivity contribution is 7.89. The van der Waals surface area contributed by atoms with E-state index in [-0.39, 0.29) is 22.0 Å². The van der Waals surface area contributed by atoms with Crippen LogP contribution in [0.3, 0.4) is 0 Å². The van der Waals surface area contributed by atoms with Crippen LogP contribution in [0.2, 0.25) is 0 Å². The number of nitro groups is 2. The summed E-state index contributed by atoms with van der Waals surface area (Å²) < 4.78 is 28.1. The van der Waals surface area contributed by atoms with Gasteiger partial charge in [-0.25, -0.2) is 8.42 Å². The molecule has 2 fully saturated rings. The molecule has 43 heavy (non-hydrogen) atoms. The maximum absolute atomic E-state index is 13.4. The predicted octanol–water partition coefficient (Wildman–Crippen LogP) is 4.45. The number of hydrogen-bond donors (Lipinski definition) is 1. The number of piperazine rings is 1. The molecule has 0 aromatic heterocycles. The zero-order valence-electron chi connectivity index (χ0n) is 23.5. The first-order valence-electron chi connectivity index (χ1n) is 14.1. The highest BCUT2D eigenvalue weighted by atomic mass is 32.2. The maximum atomic E-state index is 13.4. The fraction of sp³-hybridized carbons (Fsp3) is 0.345. The Hall–Kier alpha value is -4.40. The van der Waals surface area contributed by atoms with E-state index in [1.54, 1.807) is 12.1 Å². The van der Waals surface area contributed by atoms with Gasteiger partial charge in [0.15, 0.2) is 0 Å². The molecule has 2 aliphatic rings. The second-order valence-electron chi connectivity index (χ2n) is 10.5. The zero-order chi connectivity index (χ0) is 30.4. The fourth-order valence-corrected chi connectivity index (χ4v) is 7.05. The minimum Gasteiger partial charge on any atom is -0.363 e. The lowest BCUT2D eigenvalue weighted by Crippen LogP contribution is -2.46. The van der Waals surface area contributed by atoms with E-state index in [1.165, 1.54) is 34.3 Å². The summed E-state index contributed by atoms with van der Waals surface area (Å²) in [6.07, 6.45) is 3.71. The van der Waals surface area contributed by atoms with Crippen molar-refractivity contribution < 1.29 is 18.3 Å². The molecule has 14 heteroatoms. The quantitative estimate of drug-likeness (QED) is 0.200. The normalized spacial score (nSPS) is 16.8. The van der Waals surface area contributed by atoms with Crippen molar-refractivity contribution in [1.29, 1.82) is 0 Å². The largest absolute Gasteiger partial charge is 0.363 e. The van der Waals surface area contributed by atoms with Crippen LogP contribution in [0.15, 0.2) is 76.7 Å². The molecule has 0 saturated carbocycles. The molecule has 2 aliphatic heterocycles. The van der Waals surface area contributed by atoms with Crippen LogP contribution in [-0.4, -0.2) is 73.0 Å². The number of non-ortho nitro benzene ring substituents is 1. The first kappa shape index (κ1) is 30.1. The standard InChI is InChI=1S/C29H33N7O6S/c37-35(38)25-10-11-26(29(20-25)43(41,42)34-13-5-2-6-14-34)31-30-21-24-9-12-27(28(19-24)36(39)40)33-17-15-32(16-18-33)22-23-7-3-1-4-8-23/h1,3-4,7-12,19-21,31H,2,5-6,13-18,22H2. The molecular formula is C29H33N7O6S. The third-order valence-electron chi connectivity index (χ3n) is 7.67. The van der Waals surface area contributed by atoms with E-state index in [0.717, 1.165) is 32.1 Å². The highest BCUT2D eigenvalue weighted by Gasteiger charge is 2.30. The second kappa shape index (κ2) is 13.3. The number of nitrogens with zero attached hydrogens (tertiary/aromatic N) is 6. The Morgan fingerprint density at radius 3 is 2.23 bits per heavy atom. The molecular weight excluding hydrogens is 574 g/mol. The number of sulfonamides is 1. The van der Waals surface area contributed by atoms with Gasteiger partial charge in [0.05, 0.1) is 21.7 Å². The van der Waals surface area contributed by atoms with Gasteiger partial charge in [-0.15, -0.1) is 0 Å². The van der Waals surface area contributed by atoms with Crippen molar-refractivity contribution in [2.75, 3.05) is 49.6 Å². The smallest absolute Gasteiger partial charge is 0.293 e. The second-order valence-corrected chi connectivity index (χ2v) is 12.4. The first-order valence-corrected chi connectivity index (χ1v) is 15.5. The molecule has 0 bridgehead atoms. The number of hydrazone groups is 1. The van der Waals surface area contributed by atoms with Gasteiger partial charge >= 0.3 is 0 Å². The molecule has 13 nitrogen and oxygen atoms in total. The Bertz CT molecular complexity index is 1600. The van der Waals surface area contributed by atoms with Gasteiger partial charge in [0.1, 0.15) is 10.6 Å². The molecule has 2 saturated heterocycles. The van der Waals surface area contributed by atoms with Gasteiger partial charge < -0.3 is 4.90 Å². The monoisotopic (exact) mass is 607 g/mol. The molecule has 1 N–H and O–H groups in total. The lowest BCUT2D eigenvalue weighted by Gasteiger charge is -2.35. The Kier molecular flexibility index (Phi) is 9.28. The van der Waals surface area contributed by atoms with E-state index >= 15 is 0 Å². The van der Waals surface area contributed by atoms with Gasteiger partial charge in [-0.1, -0.05) is 42.8 Å². The number of hydrogen-bond acceptors (Lipinski definition) is 10. The summed E-state index contributed by atoms with van der Waals surface area (Å²) in [4.78, 5) is 26.4. The molecule has 3 aromatic rings. The predicted molar refractivity (Wildman–Crippen MR) is 164 cm³/mol. The van der Waals surface area contributed by atoms with Crippen LogP contribution >= 0.6 is 0 Å². The Balaban J connectivity index is 1.30. The van der Waals surface area contributed by atoms with E-state index in [4.69, 9.17) is 0 Å². The molecule has 3 aromatic carbocycles. The molecule has 0 spiro atoms. The van der Waals surface area contributed by atoms with Crippen LogP contribution in [-0.2, 0) is 16.6 Å². The van der Waals surface area contributed by atoms with E-state index in [1.807, 2.05) is 23.1 Å². The molecule has 226 valence electrons. The third-order valence-corrected chi connectivity index (χ3v) is 9.60. The van der Waals surface area contributed by atoms with Crippen molar-refractivity contribution in [3.8, 4) is 0 Å². The van der Waals surface area contributed by atoms with Crippen LogP contribution in [0.1, 0.15) is 30.4 Å². The Labute approximate surface area is 249 Å². The van der Waals surface area contributed by atoms with E-state index in [2.05, 4.69) is 27.6 Å². The number of anilines is 2. The van der Waals surface area contributed by atoms with Crippen molar-refractivity contribution in [3.63, 3.8) is 0 Å². The number of nitrogens with one attached hydrogen (secondary N) is 1. The molecule has 0 aliphatic carbocycles. The van der Waals surface area contributed by atoms with Crippen molar-refractivity contribution in [3.05, 3.63) is 98.1 Å². The number of nitro benzene ring substituents is 2. The minimum absolute atomic E-state index is 0.0517. The van der Waals surface area contributed by atoms with Crippen molar-refractivity contribution in [2.45, 2.75) is 30.7 Å². The summed E-state index contributed by atoms with van der Waals surface area (Å²) in [5, 5.41) is 27.5. The summed E-state index contributed by atoms with van der Waals surface area (Å²) >= 11 is 0. The maximum Gasteiger partial charge on any atom is 0.293 e. The summed E-state index contributed by atoms with van der Waals surface area (Å²) in [5.41, 5.74) is 4.55. The summed E-state index contributed by atoms with van der Waals surface area (Å²) in [6.45, 7) is 4.36. The first-order chi connectivity index (χ1) is 20.7. The van der Waals surface area contributed by atoms with E-state index in [0.29, 0.717) is 50.3 Å². The number of piperidine rings is 1. The average Bonchev–Trinajstić information content (AvgIpc) is 3.02. The van der Waals surface area contributed by atoms with Crippen LogP contribution in [0.5, 0.6) is 0 Å². The molecule has 5 rings (SSSR count). The highest BCUT2D eigenvalue weighted by Crippen LogP contribution is 2.32. The zero-order valence-corrected chi connectivity index (χ0v) is 24.4. The van der Waals surface area contributed by atoms with E-state index in [9.17, 15) is 28.6 Å². The SMILES string of the molecule is O=[N+]([O-])c1ccc(NN=Cc2ccc(N3CCN(Cc4ccccc4)CC3)c([N+](=O)[O-])c2)c(S(=O)(=O)N2CCCCC2)c1. The van der Waals surface area contributed by atoms with Crippen LogP contribution in [0.4, 0.5) is 22.7 Å². The van der Waals surface area contributed by atoms with Gasteiger partial charge in [0.25, 0.3) is 11.4 Å². The lowest BCUT2D eigenvalue weighted by atomic mass is 10.1. The summed E-state index contributed by atoms with van der Waals surface area (Å²) in [6, 6.07) is 18.6. The van der Waals surface area contributed by atoms with Gasteiger partial charge in [0.2, 0.25) is 10.0 Å².